The van der Waals surface area contributed by atoms with Gasteiger partial charge in [-0.25, -0.2) is 4.98 Å². The number of aromatic nitrogens is 3. The molecule has 1 aliphatic rings. The number of imidazole rings is 1. The third kappa shape index (κ3) is 35.2. The van der Waals surface area contributed by atoms with Crippen LogP contribution in [0.15, 0.2) is 43.0 Å². The van der Waals surface area contributed by atoms with Crippen LogP contribution < -0.4 is 59.3 Å². The number of H-pyrrole nitrogens is 2. The number of carbonyl (C=O) groups excluding carboxylic acids is 11. The maximum absolute atomic E-state index is 14.4. The maximum Gasteiger partial charge on any atom is 0.317 e. The molecule has 37 heteroatoms. The summed E-state index contributed by atoms with van der Waals surface area (Å²) < 4.78 is 0. The Balaban J connectivity index is 0.0000281. The van der Waals surface area contributed by atoms with Gasteiger partial charge in [-0.2, -0.15) is 11.8 Å². The number of unbranched alkanes of at least 4 members (excludes halogenated alkanes) is 4. The second-order valence-corrected chi connectivity index (χ2v) is 27.4. The second-order valence-electron chi connectivity index (χ2n) is 26.4. The number of aliphatic carboxylic acids is 3. The van der Waals surface area contributed by atoms with Gasteiger partial charge in [0.15, 0.2) is 0 Å². The van der Waals surface area contributed by atoms with E-state index >= 15 is 0 Å². The van der Waals surface area contributed by atoms with Crippen molar-refractivity contribution < 1.29 is 123 Å². The summed E-state index contributed by atoms with van der Waals surface area (Å²) in [7, 11) is 0. The average molecular weight is 1620 g/mol. The summed E-state index contributed by atoms with van der Waals surface area (Å²) in [5, 5.41) is 53.2. The molecular weight excluding hydrogens is 1510 g/mol. The van der Waals surface area contributed by atoms with Crippen LogP contribution in [0.2, 0.25) is 0 Å². The van der Waals surface area contributed by atoms with Crippen LogP contribution in [0.5, 0.6) is 0 Å². The number of nitrogens with zero attached hydrogens (tertiary/aromatic N) is 5. The van der Waals surface area contributed by atoms with E-state index in [9.17, 15) is 82.4 Å². The molecule has 0 spiro atoms. The smallest absolute Gasteiger partial charge is 0.317 e. The van der Waals surface area contributed by atoms with E-state index in [1.807, 2.05) is 31.1 Å². The molecule has 4 rings (SSSR count). The third-order valence-corrected chi connectivity index (χ3v) is 17.6. The number of primary amides is 2. The zero-order valence-electron chi connectivity index (χ0n) is 60.1. The van der Waals surface area contributed by atoms with Gasteiger partial charge in [0.05, 0.1) is 39.1 Å². The number of carbonyl (C=O) groups is 14. The molecule has 0 aliphatic carbocycles. The number of hydrogen-bond acceptors (Lipinski definition) is 20. The van der Waals surface area contributed by atoms with Crippen molar-refractivity contribution in [2.75, 3.05) is 104 Å². The Morgan fingerprint density at radius 3 is 1.61 bits per heavy atom. The van der Waals surface area contributed by atoms with Gasteiger partial charge in [-0.15, -0.1) is 0 Å². The third-order valence-electron chi connectivity index (χ3n) is 17.0. The predicted octanol–water partition coefficient (Wildman–Crippen LogP) is -2.66. The number of carboxylic acid groups (broad SMARTS) is 3. The van der Waals surface area contributed by atoms with Crippen LogP contribution in [-0.2, 0) is 80.0 Å². The number of aromatic amines is 2. The monoisotopic (exact) mass is 1620 g/mol. The van der Waals surface area contributed by atoms with Crippen LogP contribution >= 0.6 is 11.8 Å². The summed E-state index contributed by atoms with van der Waals surface area (Å²) >= 11 is 1.46. The molecule has 0 unspecified atom stereocenters. The number of nitrogens with two attached hydrogens (primary N) is 2. The fraction of sp³-hybridized carbons (Fsp3) is 0.627. The first-order chi connectivity index (χ1) is 48.9. The SMILES string of the molecule is CSCC[C@H](NC(=O)[C@H](CC(C)C)NC(=O)[C@H](Cc1cnc[nH]1)NC(=O)CNC(=O)[C@@H](NC(=O)[C@H](C)NC(=O)[C@H](Cc1c[nH]c2ccccc12)NC(=O)[C@H](CCC(N)=O)NC(=O)CCCCCCCNC(=O)CN1CCN(CC(=O)O)CCN(CC(=O)O)CCN(CC(=O)O)CC1)C(C)C)C(N)=O.[149Pm]. The zero-order valence-corrected chi connectivity index (χ0v) is 63.8. The Bertz CT molecular complexity index is 3280. The molecule has 104 heavy (non-hydrogen) atoms. The first kappa shape index (κ1) is 90.3. The van der Waals surface area contributed by atoms with Crippen LogP contribution in [-0.4, -0.2) is 279 Å². The van der Waals surface area contributed by atoms with Gasteiger partial charge in [0.2, 0.25) is 65.0 Å². The Hall–Kier alpha value is -7.92. The van der Waals surface area contributed by atoms with E-state index in [1.54, 1.807) is 52.9 Å². The Kier molecular flexibility index (Phi) is 41.9. The quantitative estimate of drug-likeness (QED) is 0.0257. The predicted molar refractivity (Wildman–Crippen MR) is 381 cm³/mol. The van der Waals surface area contributed by atoms with Crippen molar-refractivity contribution in [3.63, 3.8) is 0 Å². The maximum atomic E-state index is 14.4. The van der Waals surface area contributed by atoms with E-state index in [4.69, 9.17) is 11.5 Å². The largest absolute Gasteiger partial charge is 0.480 e. The molecule has 11 amide bonds. The van der Waals surface area contributed by atoms with Crippen LogP contribution in [0.1, 0.15) is 110 Å². The van der Waals surface area contributed by atoms with E-state index in [2.05, 4.69) is 62.8 Å². The second kappa shape index (κ2) is 48.2. The van der Waals surface area contributed by atoms with Gasteiger partial charge < -0.3 is 84.6 Å². The van der Waals surface area contributed by atoms with Gasteiger partial charge in [0, 0.05) is 154 Å². The Morgan fingerprint density at radius 1 is 0.538 bits per heavy atom. The molecule has 3 aromatic rings. The van der Waals surface area contributed by atoms with Crippen LogP contribution in [0.4, 0.5) is 0 Å². The summed E-state index contributed by atoms with van der Waals surface area (Å²) in [6, 6.07) is -1.55. The van der Waals surface area contributed by atoms with Gasteiger partial charge in [-0.05, 0) is 74.5 Å². The zero-order chi connectivity index (χ0) is 76.1. The summed E-state index contributed by atoms with van der Waals surface area (Å²) in [4.78, 5) is 200. The average Bonchev–Trinajstić information content (AvgIpc) is 1.67. The minimum atomic E-state index is -1.39. The molecule has 2 aromatic heterocycles. The molecule has 1 aliphatic heterocycles. The molecule has 0 bridgehead atoms. The molecular formula is C67H106N18O17PmS. The number of thioether (sulfide) groups is 1. The molecule has 0 saturated carbocycles. The molecule has 1 radical (unpaired) electrons. The summed E-state index contributed by atoms with van der Waals surface area (Å²) in [5.74, 6) is -11.1. The van der Waals surface area contributed by atoms with Gasteiger partial charge in [0.25, 0.3) is 0 Å². The van der Waals surface area contributed by atoms with E-state index < -0.39 is 132 Å². The van der Waals surface area contributed by atoms with Gasteiger partial charge >= 0.3 is 17.9 Å². The molecule has 577 valence electrons. The fourth-order valence-electron chi connectivity index (χ4n) is 11.3. The van der Waals surface area contributed by atoms with Crippen molar-refractivity contribution >= 4 is 106 Å². The number of nitrogens with one attached hydrogen (secondary N) is 11. The van der Waals surface area contributed by atoms with Crippen LogP contribution in [0, 0.1) is 52.2 Å². The minimum absolute atomic E-state index is 0. The molecule has 1 aromatic carbocycles. The van der Waals surface area contributed by atoms with Gasteiger partial charge in [-0.3, -0.25) is 86.7 Å². The number of hydrogen-bond donors (Lipinski definition) is 16. The van der Waals surface area contributed by atoms with E-state index in [0.717, 1.165) is 10.9 Å². The summed E-state index contributed by atoms with van der Waals surface area (Å²) in [5.41, 5.74) is 12.8. The van der Waals surface area contributed by atoms with E-state index in [0.29, 0.717) is 55.7 Å². The molecule has 35 nitrogen and oxygen atoms in total. The van der Waals surface area contributed by atoms with Crippen LogP contribution in [0.25, 0.3) is 10.9 Å². The molecule has 1 fully saturated rings. The first-order valence-electron chi connectivity index (χ1n) is 34.7. The Morgan fingerprint density at radius 2 is 1.06 bits per heavy atom. The summed E-state index contributed by atoms with van der Waals surface area (Å²) in [6.07, 6.45) is 8.94. The minimum Gasteiger partial charge on any atom is -0.480 e. The fourth-order valence-corrected chi connectivity index (χ4v) is 11.8. The van der Waals surface area contributed by atoms with Crippen molar-refractivity contribution in [3.8, 4) is 0 Å². The van der Waals surface area contributed by atoms with Gasteiger partial charge in [0.1, 0.15) is 42.3 Å². The number of fused-ring (bicyclic) bond motifs is 1. The number of para-hydroxylation sites is 1. The van der Waals surface area contributed by atoms with Crippen molar-refractivity contribution in [2.24, 2.45) is 23.3 Å². The van der Waals surface area contributed by atoms with Crippen LogP contribution in [0.3, 0.4) is 0 Å². The number of benzene rings is 1. The normalized spacial score (nSPS) is 15.5. The number of carboxylic acids is 3. The molecule has 1 saturated heterocycles. The topological polar surface area (TPSA) is 517 Å². The first-order valence-corrected chi connectivity index (χ1v) is 36.1. The van der Waals surface area contributed by atoms with Crippen molar-refractivity contribution in [1.29, 1.82) is 0 Å². The molecule has 7 atom stereocenters. The Labute approximate surface area is 641 Å². The van der Waals surface area contributed by atoms with Crippen molar-refractivity contribution in [3.05, 3.63) is 54.2 Å². The summed E-state index contributed by atoms with van der Waals surface area (Å²) in [6.45, 7) is 9.09. The standard InChI is InChI=1S/C67H106N18O17S.Pm/c1-41(2)30-50(65(100)78-48(61(69)96)19-29-103-6)79-66(101)52(32-45-34-70-40-74-45)77-55(88)35-73-67(102)60(42(3)4)81-62(97)43(5)75-64(99)51(31-44-33-72-47-15-12-11-14-46(44)47)80-63(98)49(17-18-53(68)86)76-54(87)16-10-8-7-9-13-20-71-56(89)36-82-21-23-83(37-57(90)91)25-27-85(39-59(94)95)28-26-84(24-22-82)38-58(92)93;/h11-12,14-15,33-34,40-43,48-52,60,72H,7-10,13,16-32,35-39H2,1-6H3,(H2,68,86)(H2,69,96)(H,70,74)(H,71,89)(H,73,102)(H,75,99)(H,76,87)(H,77,88)(H,78,100)(H,79,101)(H,80,98)(H,81,97)(H,90,91)(H,92,93)(H,94,95);/t43-,48-,49-,50-,51-,52-,60-;/m0./s1/i;1+4. The van der Waals surface area contributed by atoms with E-state index in [1.165, 1.54) is 31.2 Å². The van der Waals surface area contributed by atoms with Crippen molar-refractivity contribution in [2.45, 2.75) is 154 Å². The number of rotatable bonds is 45. The molecule has 18 N–H and O–H groups in total. The van der Waals surface area contributed by atoms with Gasteiger partial charge in [-0.1, -0.05) is 65.2 Å². The molecule has 3 heterocycles. The number of amides is 11. The van der Waals surface area contributed by atoms with E-state index in [-0.39, 0.29) is 176 Å². The van der Waals surface area contributed by atoms with Crippen molar-refractivity contribution in [1.82, 2.24) is 82.4 Å².